The normalized spacial score (nSPS) is 11.4. The van der Waals surface area contributed by atoms with Gasteiger partial charge < -0.3 is 14.5 Å². The molecule has 0 bridgehead atoms. The molecule has 3 rings (SSSR count). The Labute approximate surface area is 145 Å². The van der Waals surface area contributed by atoms with Gasteiger partial charge >= 0.3 is 11.8 Å². The molecule has 26 heavy (non-hydrogen) atoms. The number of methoxy groups -OCH3 is 1. The molecular formula is C18H12F3NO4. The van der Waals surface area contributed by atoms with E-state index in [1.165, 1.54) is 19.2 Å². The molecule has 0 saturated carbocycles. The SMILES string of the molecule is COc1ccc2cc(C(=O)Nc3ccc(C(F)(F)F)cc3)c(=O)oc2c1. The molecule has 134 valence electrons. The minimum absolute atomic E-state index is 0.122. The number of rotatable bonds is 3. The molecule has 1 amide bonds. The number of amides is 1. The molecule has 0 aliphatic carbocycles. The predicted octanol–water partition coefficient (Wildman–Crippen LogP) is 4.07. The van der Waals surface area contributed by atoms with Crippen molar-refractivity contribution in [2.75, 3.05) is 12.4 Å². The number of alkyl halides is 3. The van der Waals surface area contributed by atoms with Crippen LogP contribution in [0.15, 0.2) is 57.7 Å². The van der Waals surface area contributed by atoms with Gasteiger partial charge in [0.1, 0.15) is 16.9 Å². The van der Waals surface area contributed by atoms with Gasteiger partial charge in [0.25, 0.3) is 5.91 Å². The topological polar surface area (TPSA) is 68.5 Å². The van der Waals surface area contributed by atoms with Gasteiger partial charge in [-0.3, -0.25) is 4.79 Å². The van der Waals surface area contributed by atoms with Crippen molar-refractivity contribution < 1.29 is 27.1 Å². The largest absolute Gasteiger partial charge is 0.497 e. The average molecular weight is 363 g/mol. The van der Waals surface area contributed by atoms with Crippen molar-refractivity contribution in [1.82, 2.24) is 0 Å². The first-order valence-corrected chi connectivity index (χ1v) is 7.38. The molecule has 1 aromatic heterocycles. The highest BCUT2D eigenvalue weighted by molar-refractivity contribution is 6.05. The fraction of sp³-hybridized carbons (Fsp3) is 0.111. The Bertz CT molecular complexity index is 1020. The number of hydrogen-bond donors (Lipinski definition) is 1. The molecule has 0 fully saturated rings. The first-order valence-electron chi connectivity index (χ1n) is 7.38. The molecule has 1 heterocycles. The van der Waals surface area contributed by atoms with Crippen LogP contribution in [0.4, 0.5) is 18.9 Å². The predicted molar refractivity (Wildman–Crippen MR) is 88.4 cm³/mol. The van der Waals surface area contributed by atoms with Crippen molar-refractivity contribution in [3.8, 4) is 5.75 Å². The Hall–Kier alpha value is -3.29. The second-order valence-corrected chi connectivity index (χ2v) is 5.38. The van der Waals surface area contributed by atoms with E-state index in [1.54, 1.807) is 12.1 Å². The highest BCUT2D eigenvalue weighted by Crippen LogP contribution is 2.30. The summed E-state index contributed by atoms with van der Waals surface area (Å²) in [5, 5.41) is 2.88. The maximum Gasteiger partial charge on any atom is 0.416 e. The van der Waals surface area contributed by atoms with Crippen LogP contribution < -0.4 is 15.7 Å². The van der Waals surface area contributed by atoms with Crippen LogP contribution in [0.5, 0.6) is 5.75 Å². The van der Waals surface area contributed by atoms with Crippen LogP contribution >= 0.6 is 0 Å². The first kappa shape index (κ1) is 17.5. The second-order valence-electron chi connectivity index (χ2n) is 5.38. The molecule has 0 spiro atoms. The van der Waals surface area contributed by atoms with E-state index in [-0.39, 0.29) is 16.8 Å². The third-order valence-electron chi connectivity index (χ3n) is 3.66. The highest BCUT2D eigenvalue weighted by Gasteiger charge is 2.30. The lowest BCUT2D eigenvalue weighted by molar-refractivity contribution is -0.137. The maximum absolute atomic E-state index is 12.6. The van der Waals surface area contributed by atoms with Crippen LogP contribution in [0, 0.1) is 0 Å². The van der Waals surface area contributed by atoms with E-state index in [0.29, 0.717) is 11.1 Å². The number of halogens is 3. The molecule has 5 nitrogen and oxygen atoms in total. The summed E-state index contributed by atoms with van der Waals surface area (Å²) in [6, 6.07) is 10.00. The van der Waals surface area contributed by atoms with Crippen molar-refractivity contribution in [2.24, 2.45) is 0 Å². The minimum atomic E-state index is -4.47. The quantitative estimate of drug-likeness (QED) is 0.712. The number of anilines is 1. The van der Waals surface area contributed by atoms with Crippen molar-refractivity contribution in [3.05, 3.63) is 70.1 Å². The zero-order valence-corrected chi connectivity index (χ0v) is 13.4. The standard InChI is InChI=1S/C18H12F3NO4/c1-25-13-7-2-10-8-14(17(24)26-15(10)9-13)16(23)22-12-5-3-11(4-6-12)18(19,20)21/h2-9H,1H3,(H,22,23). The molecule has 0 radical (unpaired) electrons. The smallest absolute Gasteiger partial charge is 0.416 e. The first-order chi connectivity index (χ1) is 12.3. The van der Waals surface area contributed by atoms with Crippen LogP contribution in [0.3, 0.4) is 0 Å². The van der Waals surface area contributed by atoms with Gasteiger partial charge in [0.05, 0.1) is 12.7 Å². The minimum Gasteiger partial charge on any atom is -0.497 e. The van der Waals surface area contributed by atoms with Gasteiger partial charge in [-0.05, 0) is 42.5 Å². The molecule has 0 aliphatic heterocycles. The summed E-state index contributed by atoms with van der Waals surface area (Å²) in [6.45, 7) is 0. The number of fused-ring (bicyclic) bond motifs is 1. The van der Waals surface area contributed by atoms with Crippen molar-refractivity contribution in [3.63, 3.8) is 0 Å². The van der Waals surface area contributed by atoms with Crippen LogP contribution in [0.2, 0.25) is 0 Å². The Morgan fingerprint density at radius 1 is 1.08 bits per heavy atom. The zero-order valence-electron chi connectivity index (χ0n) is 13.4. The number of hydrogen-bond acceptors (Lipinski definition) is 4. The molecule has 8 heteroatoms. The van der Waals surface area contributed by atoms with E-state index in [0.717, 1.165) is 24.3 Å². The van der Waals surface area contributed by atoms with Crippen molar-refractivity contribution in [2.45, 2.75) is 6.18 Å². The number of carbonyl (C=O) groups excluding carboxylic acids is 1. The third kappa shape index (κ3) is 3.53. The van der Waals surface area contributed by atoms with Crippen LogP contribution in [-0.2, 0) is 6.18 Å². The average Bonchev–Trinajstić information content (AvgIpc) is 2.60. The number of ether oxygens (including phenoxy) is 1. The highest BCUT2D eigenvalue weighted by atomic mass is 19.4. The summed E-state index contributed by atoms with van der Waals surface area (Å²) in [5.41, 5.74) is -1.59. The van der Waals surface area contributed by atoms with E-state index in [2.05, 4.69) is 5.32 Å². The second kappa shape index (κ2) is 6.55. The molecule has 3 aromatic rings. The Morgan fingerprint density at radius 3 is 2.38 bits per heavy atom. The lowest BCUT2D eigenvalue weighted by atomic mass is 10.1. The van der Waals surface area contributed by atoms with E-state index < -0.39 is 23.3 Å². The number of nitrogens with one attached hydrogen (secondary N) is 1. The molecule has 0 unspecified atom stereocenters. The fourth-order valence-corrected chi connectivity index (χ4v) is 2.32. The Morgan fingerprint density at radius 2 is 1.77 bits per heavy atom. The monoisotopic (exact) mass is 363 g/mol. The van der Waals surface area contributed by atoms with Gasteiger partial charge in [0, 0.05) is 17.1 Å². The van der Waals surface area contributed by atoms with E-state index >= 15 is 0 Å². The van der Waals surface area contributed by atoms with Gasteiger partial charge in [-0.15, -0.1) is 0 Å². The van der Waals surface area contributed by atoms with Gasteiger partial charge in [-0.2, -0.15) is 13.2 Å². The van der Waals surface area contributed by atoms with Gasteiger partial charge in [0.2, 0.25) is 0 Å². The molecule has 0 aliphatic rings. The summed E-state index contributed by atoms with van der Waals surface area (Å²) in [5.74, 6) is -0.293. The summed E-state index contributed by atoms with van der Waals surface area (Å²) < 4.78 is 47.8. The zero-order chi connectivity index (χ0) is 18.9. The fourth-order valence-electron chi connectivity index (χ4n) is 2.32. The summed E-state index contributed by atoms with van der Waals surface area (Å²) >= 11 is 0. The molecule has 2 aromatic carbocycles. The third-order valence-corrected chi connectivity index (χ3v) is 3.66. The van der Waals surface area contributed by atoms with Crippen molar-refractivity contribution in [1.29, 1.82) is 0 Å². The number of benzene rings is 2. The van der Waals surface area contributed by atoms with E-state index in [4.69, 9.17) is 9.15 Å². The Balaban J connectivity index is 1.88. The van der Waals surface area contributed by atoms with Crippen LogP contribution in [0.1, 0.15) is 15.9 Å². The Kier molecular flexibility index (Phi) is 4.41. The van der Waals surface area contributed by atoms with Crippen LogP contribution in [-0.4, -0.2) is 13.0 Å². The summed E-state index contributed by atoms with van der Waals surface area (Å²) in [4.78, 5) is 24.3. The molecule has 0 saturated heterocycles. The number of carbonyl (C=O) groups is 1. The van der Waals surface area contributed by atoms with Gasteiger partial charge in [-0.25, -0.2) is 4.79 Å². The van der Waals surface area contributed by atoms with Crippen LogP contribution in [0.25, 0.3) is 11.0 Å². The molecular weight excluding hydrogens is 351 g/mol. The molecule has 0 atom stereocenters. The lowest BCUT2D eigenvalue weighted by Gasteiger charge is -2.09. The van der Waals surface area contributed by atoms with Crippen molar-refractivity contribution >= 4 is 22.6 Å². The summed E-state index contributed by atoms with van der Waals surface area (Å²) in [7, 11) is 1.46. The van der Waals surface area contributed by atoms with Gasteiger partial charge in [0.15, 0.2) is 0 Å². The summed E-state index contributed by atoms with van der Waals surface area (Å²) in [6.07, 6.45) is -4.47. The van der Waals surface area contributed by atoms with Gasteiger partial charge in [-0.1, -0.05) is 0 Å². The molecule has 1 N–H and O–H groups in total. The van der Waals surface area contributed by atoms with E-state index in [1.807, 2.05) is 0 Å². The van der Waals surface area contributed by atoms with E-state index in [9.17, 15) is 22.8 Å². The maximum atomic E-state index is 12.6. The lowest BCUT2D eigenvalue weighted by Crippen LogP contribution is -2.20.